The number of H-pyrrole nitrogens is 1. The fourth-order valence-corrected chi connectivity index (χ4v) is 1.16. The second-order valence-corrected chi connectivity index (χ2v) is 3.11. The van der Waals surface area contributed by atoms with E-state index in [9.17, 15) is 9.59 Å². The van der Waals surface area contributed by atoms with Gasteiger partial charge in [-0.05, 0) is 6.07 Å². The first-order valence-electron chi connectivity index (χ1n) is 4.54. The number of carboxylic acids is 1. The number of amides is 1. The zero-order chi connectivity index (χ0) is 12.0. The van der Waals surface area contributed by atoms with Gasteiger partial charge in [-0.15, -0.1) is 6.42 Å². The predicted molar refractivity (Wildman–Crippen MR) is 55.3 cm³/mol. The number of rotatable bonds is 5. The van der Waals surface area contributed by atoms with Crippen molar-refractivity contribution in [3.8, 4) is 12.3 Å². The van der Waals surface area contributed by atoms with Crippen LogP contribution in [0.15, 0.2) is 12.3 Å². The molecule has 1 aromatic rings. The lowest BCUT2D eigenvalue weighted by Crippen LogP contribution is -2.37. The molecule has 1 amide bonds. The highest BCUT2D eigenvalue weighted by Gasteiger charge is 2.16. The van der Waals surface area contributed by atoms with Crippen LogP contribution in [0.5, 0.6) is 0 Å². The van der Waals surface area contributed by atoms with Crippen LogP contribution < -0.4 is 0 Å². The molecule has 0 saturated heterocycles. The Bertz CT molecular complexity index is 405. The molecule has 0 spiro atoms. The van der Waals surface area contributed by atoms with E-state index < -0.39 is 12.5 Å². The van der Waals surface area contributed by atoms with Gasteiger partial charge in [0.1, 0.15) is 6.54 Å². The van der Waals surface area contributed by atoms with Crippen molar-refractivity contribution < 1.29 is 14.7 Å². The van der Waals surface area contributed by atoms with Gasteiger partial charge < -0.3 is 10.0 Å². The predicted octanol–water partition coefficient (Wildman–Crippen LogP) is -0.501. The molecule has 0 saturated carbocycles. The lowest BCUT2D eigenvalue weighted by molar-refractivity contribution is -0.143. The number of hydrogen-bond acceptors (Lipinski definition) is 3. The van der Waals surface area contributed by atoms with Crippen molar-refractivity contribution in [1.82, 2.24) is 15.1 Å². The van der Waals surface area contributed by atoms with Crippen molar-refractivity contribution in [1.29, 1.82) is 0 Å². The number of aliphatic carboxylic acids is 1. The molecule has 0 aliphatic carbocycles. The lowest BCUT2D eigenvalue weighted by Gasteiger charge is -2.17. The van der Waals surface area contributed by atoms with Crippen LogP contribution in [0, 0.1) is 12.3 Å². The maximum absolute atomic E-state index is 11.7. The second-order valence-electron chi connectivity index (χ2n) is 3.11. The maximum Gasteiger partial charge on any atom is 0.323 e. The average molecular weight is 221 g/mol. The van der Waals surface area contributed by atoms with Crippen LogP contribution in [0.4, 0.5) is 0 Å². The maximum atomic E-state index is 11.7. The Morgan fingerprint density at radius 3 is 2.88 bits per heavy atom. The summed E-state index contributed by atoms with van der Waals surface area (Å²) >= 11 is 0. The zero-order valence-electron chi connectivity index (χ0n) is 8.51. The largest absolute Gasteiger partial charge is 0.480 e. The first kappa shape index (κ1) is 11.8. The molecule has 16 heavy (non-hydrogen) atoms. The topological polar surface area (TPSA) is 86.3 Å². The van der Waals surface area contributed by atoms with Gasteiger partial charge in [-0.25, -0.2) is 0 Å². The first-order chi connectivity index (χ1) is 7.63. The van der Waals surface area contributed by atoms with Crippen molar-refractivity contribution in [2.24, 2.45) is 0 Å². The van der Waals surface area contributed by atoms with Gasteiger partial charge in [0.25, 0.3) is 0 Å². The Kier molecular flexibility index (Phi) is 4.09. The van der Waals surface area contributed by atoms with E-state index in [-0.39, 0.29) is 18.9 Å². The average Bonchev–Trinajstić information content (AvgIpc) is 2.69. The van der Waals surface area contributed by atoms with Crippen molar-refractivity contribution in [2.45, 2.75) is 6.42 Å². The minimum absolute atomic E-state index is 0.0146. The SMILES string of the molecule is C#CCN(CC(=O)O)C(=O)Cc1ccn[nH]1. The van der Waals surface area contributed by atoms with Crippen molar-refractivity contribution >= 4 is 11.9 Å². The number of carbonyl (C=O) groups is 2. The summed E-state index contributed by atoms with van der Waals surface area (Å²) in [6.07, 6.45) is 6.64. The number of aromatic nitrogens is 2. The normalized spacial score (nSPS) is 9.44. The zero-order valence-corrected chi connectivity index (χ0v) is 8.51. The summed E-state index contributed by atoms with van der Waals surface area (Å²) in [7, 11) is 0. The van der Waals surface area contributed by atoms with Crippen molar-refractivity contribution in [3.05, 3.63) is 18.0 Å². The van der Waals surface area contributed by atoms with E-state index in [4.69, 9.17) is 11.5 Å². The summed E-state index contributed by atoms with van der Waals surface area (Å²) in [5.41, 5.74) is 0.623. The third-order valence-electron chi connectivity index (χ3n) is 1.86. The van der Waals surface area contributed by atoms with E-state index >= 15 is 0 Å². The van der Waals surface area contributed by atoms with Gasteiger partial charge in [-0.1, -0.05) is 5.92 Å². The molecule has 6 heteroatoms. The van der Waals surface area contributed by atoms with Gasteiger partial charge in [-0.2, -0.15) is 5.10 Å². The van der Waals surface area contributed by atoms with Crippen LogP contribution >= 0.6 is 0 Å². The molecule has 1 rings (SSSR count). The molecule has 84 valence electrons. The van der Waals surface area contributed by atoms with Crippen LogP contribution in [0.2, 0.25) is 0 Å². The number of aromatic amines is 1. The fraction of sp³-hybridized carbons (Fsp3) is 0.300. The minimum atomic E-state index is -1.09. The lowest BCUT2D eigenvalue weighted by atomic mass is 10.2. The van der Waals surface area contributed by atoms with Crippen LogP contribution in [0.25, 0.3) is 0 Å². The summed E-state index contributed by atoms with van der Waals surface area (Å²) in [4.78, 5) is 23.3. The van der Waals surface area contributed by atoms with E-state index in [1.54, 1.807) is 6.07 Å². The summed E-state index contributed by atoms with van der Waals surface area (Å²) in [5.74, 6) is 0.817. The molecule has 0 aromatic carbocycles. The molecule has 0 unspecified atom stereocenters. The van der Waals surface area contributed by atoms with Crippen LogP contribution in [-0.4, -0.2) is 45.2 Å². The minimum Gasteiger partial charge on any atom is -0.480 e. The van der Waals surface area contributed by atoms with E-state index in [1.807, 2.05) is 0 Å². The summed E-state index contributed by atoms with van der Waals surface area (Å²) < 4.78 is 0. The van der Waals surface area contributed by atoms with Crippen LogP contribution in [-0.2, 0) is 16.0 Å². The van der Waals surface area contributed by atoms with Gasteiger partial charge in [0.05, 0.1) is 13.0 Å². The highest BCUT2D eigenvalue weighted by atomic mass is 16.4. The summed E-state index contributed by atoms with van der Waals surface area (Å²) in [5, 5.41) is 14.9. The molecule has 0 radical (unpaired) electrons. The molecule has 6 nitrogen and oxygen atoms in total. The van der Waals surface area contributed by atoms with E-state index in [1.165, 1.54) is 6.20 Å². The van der Waals surface area contributed by atoms with Crippen LogP contribution in [0.3, 0.4) is 0 Å². The van der Waals surface area contributed by atoms with Crippen LogP contribution in [0.1, 0.15) is 5.69 Å². The van der Waals surface area contributed by atoms with E-state index in [2.05, 4.69) is 16.1 Å². The number of carbonyl (C=O) groups excluding carboxylic acids is 1. The third-order valence-corrected chi connectivity index (χ3v) is 1.86. The third kappa shape index (κ3) is 3.46. The molecule has 0 bridgehead atoms. The summed E-state index contributed by atoms with van der Waals surface area (Å²) in [6, 6.07) is 1.65. The number of nitrogens with one attached hydrogen (secondary N) is 1. The van der Waals surface area contributed by atoms with Gasteiger partial charge in [0, 0.05) is 11.9 Å². The Morgan fingerprint density at radius 1 is 1.62 bits per heavy atom. The monoisotopic (exact) mass is 221 g/mol. The Hall–Kier alpha value is -2.29. The molecule has 1 aromatic heterocycles. The van der Waals surface area contributed by atoms with Crippen molar-refractivity contribution in [3.63, 3.8) is 0 Å². The van der Waals surface area contributed by atoms with Gasteiger partial charge in [0.2, 0.25) is 5.91 Å². The molecule has 2 N–H and O–H groups in total. The number of hydrogen-bond donors (Lipinski definition) is 2. The summed E-state index contributed by atoms with van der Waals surface area (Å²) in [6.45, 7) is -0.406. The van der Waals surface area contributed by atoms with E-state index in [0.717, 1.165) is 4.90 Å². The fourth-order valence-electron chi connectivity index (χ4n) is 1.16. The second kappa shape index (κ2) is 5.56. The number of terminal acetylenes is 1. The van der Waals surface area contributed by atoms with Gasteiger partial charge in [-0.3, -0.25) is 14.7 Å². The Labute approximate surface area is 92.3 Å². The smallest absolute Gasteiger partial charge is 0.323 e. The molecule has 0 atom stereocenters. The molecule has 0 aliphatic heterocycles. The van der Waals surface area contributed by atoms with Crippen molar-refractivity contribution in [2.75, 3.05) is 13.1 Å². The number of nitrogens with zero attached hydrogens (tertiary/aromatic N) is 2. The molecule has 1 heterocycles. The Balaban J connectivity index is 2.60. The van der Waals surface area contributed by atoms with E-state index in [0.29, 0.717) is 5.69 Å². The first-order valence-corrected chi connectivity index (χ1v) is 4.54. The molecular formula is C10H11N3O3. The molecule has 0 fully saturated rings. The highest BCUT2D eigenvalue weighted by Crippen LogP contribution is 1.98. The highest BCUT2D eigenvalue weighted by molar-refractivity contribution is 5.82. The quantitative estimate of drug-likeness (QED) is 0.656. The number of carboxylic acid groups (broad SMARTS) is 1. The van der Waals surface area contributed by atoms with Gasteiger partial charge in [0.15, 0.2) is 0 Å². The van der Waals surface area contributed by atoms with Gasteiger partial charge >= 0.3 is 5.97 Å². The molecular weight excluding hydrogens is 210 g/mol. The standard InChI is InChI=1S/C10H11N3O3/c1-2-5-13(7-10(15)16)9(14)6-8-3-4-11-12-8/h1,3-4H,5-7H2,(H,11,12)(H,15,16). The Morgan fingerprint density at radius 2 is 2.38 bits per heavy atom. The molecule has 0 aliphatic rings.